The van der Waals surface area contributed by atoms with Crippen molar-refractivity contribution in [2.45, 2.75) is 26.4 Å². The molecule has 2 heterocycles. The summed E-state index contributed by atoms with van der Waals surface area (Å²) < 4.78 is 31.8. The topological polar surface area (TPSA) is 55.4 Å². The summed E-state index contributed by atoms with van der Waals surface area (Å²) in [6.45, 7) is 4.64. The van der Waals surface area contributed by atoms with Crippen LogP contribution in [0.15, 0.2) is 30.3 Å². The zero-order valence-electron chi connectivity index (χ0n) is 16.4. The van der Waals surface area contributed by atoms with Crippen LogP contribution < -0.4 is 28.4 Å². The van der Waals surface area contributed by atoms with Crippen LogP contribution in [-0.4, -0.2) is 34.2 Å². The summed E-state index contributed by atoms with van der Waals surface area (Å²) in [5.41, 5.74) is 1.23. The molecule has 0 aromatic heterocycles. The number of fused-ring (bicyclic) bond motifs is 2. The quantitative estimate of drug-likeness (QED) is 0.807. The monoisotopic (exact) mass is 374 g/mol. The fourth-order valence-electron chi connectivity index (χ4n) is 3.08. The largest absolute Gasteiger partial charge is 0.493 e. The third kappa shape index (κ3) is 3.99. The van der Waals surface area contributed by atoms with Gasteiger partial charge in [-0.2, -0.15) is 0 Å². The number of para-hydroxylation sites is 1. The number of hydrogen-bond donors (Lipinski definition) is 0. The minimum Gasteiger partial charge on any atom is -0.493 e. The second-order valence-electron chi connectivity index (χ2n) is 6.51. The van der Waals surface area contributed by atoms with Crippen molar-refractivity contribution in [3.63, 3.8) is 0 Å². The molecule has 6 heteroatoms. The summed E-state index contributed by atoms with van der Waals surface area (Å²) in [7, 11) is 4.77. The summed E-state index contributed by atoms with van der Waals surface area (Å²) in [5.74, 6) is 5.13. The first kappa shape index (κ1) is 19.0. The molecule has 0 N–H and O–H groups in total. The van der Waals surface area contributed by atoms with Crippen molar-refractivity contribution in [2.75, 3.05) is 28.1 Å². The van der Waals surface area contributed by atoms with Crippen molar-refractivity contribution in [3.05, 3.63) is 35.9 Å². The van der Waals surface area contributed by atoms with Gasteiger partial charge >= 0.3 is 0 Å². The fourth-order valence-corrected chi connectivity index (χ4v) is 3.08. The predicted octanol–water partition coefficient (Wildman–Crippen LogP) is 4.09. The Morgan fingerprint density at radius 3 is 2.07 bits per heavy atom. The Kier molecular flexibility index (Phi) is 5.84. The molecule has 146 valence electrons. The Bertz CT molecular complexity index is 729. The van der Waals surface area contributed by atoms with E-state index < -0.39 is 0 Å². The lowest BCUT2D eigenvalue weighted by Gasteiger charge is -2.29. The Hall–Kier alpha value is -2.76. The van der Waals surface area contributed by atoms with Gasteiger partial charge in [-0.15, -0.1) is 0 Å². The zero-order valence-corrected chi connectivity index (χ0v) is 16.4. The number of ether oxygens (including phenoxy) is 6. The van der Waals surface area contributed by atoms with Gasteiger partial charge in [-0.3, -0.25) is 0 Å². The van der Waals surface area contributed by atoms with Crippen LogP contribution in [-0.2, 0) is 6.42 Å². The molecule has 4 rings (SSSR count). The number of rotatable bonds is 3. The van der Waals surface area contributed by atoms with E-state index in [0.717, 1.165) is 23.7 Å². The van der Waals surface area contributed by atoms with E-state index in [-0.39, 0.29) is 6.10 Å². The van der Waals surface area contributed by atoms with E-state index in [1.807, 2.05) is 30.3 Å². The van der Waals surface area contributed by atoms with Gasteiger partial charge in [0.25, 0.3) is 0 Å². The van der Waals surface area contributed by atoms with E-state index in [9.17, 15) is 0 Å². The molecule has 0 fully saturated rings. The fraction of sp³-hybridized carbons (Fsp3) is 0.429. The molecule has 2 aromatic carbocycles. The average molecular weight is 374 g/mol. The van der Waals surface area contributed by atoms with Gasteiger partial charge in [0.2, 0.25) is 12.5 Å². The van der Waals surface area contributed by atoms with E-state index >= 15 is 0 Å². The number of benzene rings is 2. The van der Waals surface area contributed by atoms with Crippen LogP contribution in [0, 0.1) is 5.92 Å². The Labute approximate surface area is 159 Å². The van der Waals surface area contributed by atoms with Gasteiger partial charge in [-0.25, -0.2) is 0 Å². The first-order valence-corrected chi connectivity index (χ1v) is 8.91. The van der Waals surface area contributed by atoms with E-state index in [1.165, 1.54) is 5.56 Å². The van der Waals surface area contributed by atoms with Crippen molar-refractivity contribution in [1.29, 1.82) is 0 Å². The maximum Gasteiger partial charge on any atom is 0.231 e. The highest BCUT2D eigenvalue weighted by atomic mass is 16.7. The molecule has 2 aliphatic rings. The van der Waals surface area contributed by atoms with Gasteiger partial charge in [0.05, 0.1) is 27.4 Å². The normalized spacial score (nSPS) is 19.1. The van der Waals surface area contributed by atoms with Crippen molar-refractivity contribution in [1.82, 2.24) is 0 Å². The Morgan fingerprint density at radius 2 is 1.48 bits per heavy atom. The van der Waals surface area contributed by atoms with Crippen LogP contribution in [0.25, 0.3) is 0 Å². The van der Waals surface area contributed by atoms with Crippen molar-refractivity contribution in [3.8, 4) is 34.5 Å². The van der Waals surface area contributed by atoms with Gasteiger partial charge in [0, 0.05) is 6.07 Å². The highest BCUT2D eigenvalue weighted by Crippen LogP contribution is 2.41. The van der Waals surface area contributed by atoms with Gasteiger partial charge < -0.3 is 28.4 Å². The first-order valence-electron chi connectivity index (χ1n) is 8.91. The van der Waals surface area contributed by atoms with Gasteiger partial charge in [-0.05, 0) is 43.0 Å². The second-order valence-corrected chi connectivity index (χ2v) is 6.51. The summed E-state index contributed by atoms with van der Waals surface area (Å²) in [6.07, 6.45) is 1.32. The molecule has 6 nitrogen and oxygen atoms in total. The maximum atomic E-state index is 5.83. The Morgan fingerprint density at radius 1 is 0.852 bits per heavy atom. The molecule has 2 atom stereocenters. The number of hydrogen-bond acceptors (Lipinski definition) is 6. The third-order valence-corrected chi connectivity index (χ3v) is 4.80. The molecular weight excluding hydrogens is 348 g/mol. The highest BCUT2D eigenvalue weighted by molar-refractivity contribution is 5.53. The molecule has 27 heavy (non-hydrogen) atoms. The zero-order chi connectivity index (χ0) is 19.4. The van der Waals surface area contributed by atoms with Crippen LogP contribution in [0.2, 0.25) is 0 Å². The standard InChI is InChI=1S/C12H14O3.C9H12O3/c1-7-3-9-4-11-12(14-6-13-11)5-10(9)15-8(7)2;1-10-7-5-4-6-8(11-2)9(7)12-3/h4-5,7-8H,3,6H2,1-2H3;4-6H,1-3H3. The number of methoxy groups -OCH3 is 3. The first-order chi connectivity index (χ1) is 13.1. The molecule has 0 radical (unpaired) electrons. The second kappa shape index (κ2) is 8.29. The maximum absolute atomic E-state index is 5.83. The Balaban J connectivity index is 0.000000161. The molecule has 0 amide bonds. The van der Waals surface area contributed by atoms with Crippen molar-refractivity contribution < 1.29 is 28.4 Å². The van der Waals surface area contributed by atoms with Crippen LogP contribution >= 0.6 is 0 Å². The molecule has 2 aliphatic heterocycles. The molecule has 0 saturated heterocycles. The molecule has 0 aliphatic carbocycles. The molecular formula is C21H26O6. The SMILES string of the molecule is CC1Cc2cc3c(cc2OC1C)OCO3.COc1cccc(OC)c1OC. The van der Waals surface area contributed by atoms with Crippen LogP contribution in [0.1, 0.15) is 19.4 Å². The summed E-state index contributed by atoms with van der Waals surface area (Å²) in [4.78, 5) is 0. The molecule has 2 unspecified atom stereocenters. The van der Waals surface area contributed by atoms with Crippen LogP contribution in [0.4, 0.5) is 0 Å². The lowest BCUT2D eigenvalue weighted by Crippen LogP contribution is -2.27. The lowest BCUT2D eigenvalue weighted by atomic mass is 9.93. The summed E-state index contributed by atoms with van der Waals surface area (Å²) >= 11 is 0. The molecule has 0 bridgehead atoms. The van der Waals surface area contributed by atoms with Gasteiger partial charge in [0.15, 0.2) is 23.0 Å². The van der Waals surface area contributed by atoms with E-state index in [0.29, 0.717) is 30.0 Å². The summed E-state index contributed by atoms with van der Waals surface area (Å²) in [6, 6.07) is 9.48. The predicted molar refractivity (Wildman–Crippen MR) is 102 cm³/mol. The molecule has 2 aromatic rings. The molecule has 0 spiro atoms. The smallest absolute Gasteiger partial charge is 0.231 e. The average Bonchev–Trinajstić information content (AvgIpc) is 3.14. The van der Waals surface area contributed by atoms with Crippen LogP contribution in [0.5, 0.6) is 34.5 Å². The minimum atomic E-state index is 0.276. The van der Waals surface area contributed by atoms with Crippen molar-refractivity contribution in [2.24, 2.45) is 5.92 Å². The van der Waals surface area contributed by atoms with E-state index in [2.05, 4.69) is 13.8 Å². The van der Waals surface area contributed by atoms with Gasteiger partial charge in [0.1, 0.15) is 5.75 Å². The summed E-state index contributed by atoms with van der Waals surface area (Å²) in [5, 5.41) is 0. The van der Waals surface area contributed by atoms with E-state index in [4.69, 9.17) is 28.4 Å². The lowest BCUT2D eigenvalue weighted by molar-refractivity contribution is 0.139. The highest BCUT2D eigenvalue weighted by Gasteiger charge is 2.26. The van der Waals surface area contributed by atoms with E-state index in [1.54, 1.807) is 21.3 Å². The minimum absolute atomic E-state index is 0.276. The molecule has 0 saturated carbocycles. The third-order valence-electron chi connectivity index (χ3n) is 4.80. The van der Waals surface area contributed by atoms with Crippen LogP contribution in [0.3, 0.4) is 0 Å². The van der Waals surface area contributed by atoms with Gasteiger partial charge in [-0.1, -0.05) is 13.0 Å². The van der Waals surface area contributed by atoms with Crippen molar-refractivity contribution >= 4 is 0 Å².